The molecule has 1 aromatic rings. The zero-order chi connectivity index (χ0) is 16.9. The van der Waals surface area contributed by atoms with Crippen molar-refractivity contribution in [3.8, 4) is 0 Å². The molecule has 0 aromatic carbocycles. The maximum Gasteiger partial charge on any atom is 0.408 e. The number of anilines is 1. The Hall–Kier alpha value is -1.63. The Morgan fingerprint density at radius 3 is 2.64 bits per heavy atom. The Balaban J connectivity index is 2.55. The molecule has 0 aliphatic carbocycles. The van der Waals surface area contributed by atoms with Gasteiger partial charge in [0.1, 0.15) is 12.1 Å². The highest BCUT2D eigenvalue weighted by atomic mass is 32.1. The molecule has 0 radical (unpaired) electrons. The molecule has 6 nitrogen and oxygen atoms in total. The lowest BCUT2D eigenvalue weighted by molar-refractivity contribution is -0.117. The van der Waals surface area contributed by atoms with Crippen molar-refractivity contribution in [2.75, 3.05) is 18.5 Å². The van der Waals surface area contributed by atoms with Crippen molar-refractivity contribution >= 4 is 28.5 Å². The molecule has 0 aliphatic heterocycles. The van der Waals surface area contributed by atoms with Crippen LogP contribution >= 0.6 is 11.3 Å². The van der Waals surface area contributed by atoms with Crippen molar-refractivity contribution in [1.82, 2.24) is 10.3 Å². The number of likely N-dealkylation sites (N-methyl/N-ethyl adjacent to an activating group) is 1. The van der Waals surface area contributed by atoms with E-state index in [1.807, 2.05) is 5.38 Å². The Kier molecular flexibility index (Phi) is 6.34. The first-order chi connectivity index (χ1) is 10.1. The number of ether oxygens (including phenoxy) is 1. The fourth-order valence-corrected chi connectivity index (χ4v) is 2.48. The number of aromatic nitrogens is 1. The number of nitrogens with one attached hydrogen (secondary N) is 1. The zero-order valence-corrected chi connectivity index (χ0v) is 14.9. The van der Waals surface area contributed by atoms with E-state index in [4.69, 9.17) is 4.74 Å². The lowest BCUT2D eigenvalue weighted by Gasteiger charge is -2.20. The molecule has 0 saturated heterocycles. The highest BCUT2D eigenvalue weighted by Gasteiger charge is 2.19. The Labute approximate surface area is 135 Å². The van der Waals surface area contributed by atoms with Crippen LogP contribution in [-0.4, -0.2) is 36.2 Å². The van der Waals surface area contributed by atoms with Gasteiger partial charge in [-0.2, -0.15) is 0 Å². The summed E-state index contributed by atoms with van der Waals surface area (Å²) >= 11 is 1.42. The van der Waals surface area contributed by atoms with Crippen LogP contribution in [0.25, 0.3) is 0 Å². The van der Waals surface area contributed by atoms with E-state index in [-0.39, 0.29) is 12.5 Å². The molecule has 1 heterocycles. The summed E-state index contributed by atoms with van der Waals surface area (Å²) in [6.45, 7) is 9.39. The summed E-state index contributed by atoms with van der Waals surface area (Å²) in [6, 6.07) is 0. The van der Waals surface area contributed by atoms with Gasteiger partial charge in [-0.05, 0) is 33.1 Å². The molecule has 1 N–H and O–H groups in total. The molecule has 0 fully saturated rings. The van der Waals surface area contributed by atoms with Crippen LogP contribution < -0.4 is 10.2 Å². The monoisotopic (exact) mass is 327 g/mol. The molecule has 124 valence electrons. The lowest BCUT2D eigenvalue weighted by atomic mass is 10.1. The number of hydrogen-bond donors (Lipinski definition) is 1. The van der Waals surface area contributed by atoms with Crippen molar-refractivity contribution in [2.24, 2.45) is 0 Å². The maximum absolute atomic E-state index is 12.1. The summed E-state index contributed by atoms with van der Waals surface area (Å²) in [6.07, 6.45) is 0.398. The van der Waals surface area contributed by atoms with E-state index >= 15 is 0 Å². The van der Waals surface area contributed by atoms with Crippen molar-refractivity contribution in [3.63, 3.8) is 0 Å². The number of alkyl carbamates (subject to hydrolysis) is 1. The smallest absolute Gasteiger partial charge is 0.408 e. The normalized spacial score (nSPS) is 12.6. The van der Waals surface area contributed by atoms with Gasteiger partial charge >= 0.3 is 6.09 Å². The van der Waals surface area contributed by atoms with Crippen LogP contribution in [-0.2, 0) is 9.53 Å². The second-order valence-electron chi connectivity index (χ2n) is 6.17. The van der Waals surface area contributed by atoms with Crippen molar-refractivity contribution in [1.29, 1.82) is 0 Å². The van der Waals surface area contributed by atoms with Gasteiger partial charge in [-0.15, -0.1) is 11.3 Å². The van der Waals surface area contributed by atoms with E-state index in [0.29, 0.717) is 11.0 Å². The van der Waals surface area contributed by atoms with E-state index in [0.717, 1.165) is 12.1 Å². The molecule has 7 heteroatoms. The lowest BCUT2D eigenvalue weighted by Crippen LogP contribution is -2.40. The van der Waals surface area contributed by atoms with Crippen molar-refractivity contribution in [3.05, 3.63) is 11.1 Å². The summed E-state index contributed by atoms with van der Waals surface area (Å²) < 4.78 is 5.09. The number of thiazole rings is 1. The molecular formula is C15H25N3O3S. The summed E-state index contributed by atoms with van der Waals surface area (Å²) in [5.74, 6) is 0.129. The SMILES string of the molecule is CCC(C)c1csc(N(C)C(=O)CNC(=O)OC(C)(C)C)n1. The summed E-state index contributed by atoms with van der Waals surface area (Å²) in [4.78, 5) is 29.5. The van der Waals surface area contributed by atoms with E-state index in [9.17, 15) is 9.59 Å². The van der Waals surface area contributed by atoms with Gasteiger partial charge in [0.25, 0.3) is 0 Å². The van der Waals surface area contributed by atoms with E-state index < -0.39 is 11.7 Å². The number of carbonyl (C=O) groups excluding carboxylic acids is 2. The van der Waals surface area contributed by atoms with Crippen LogP contribution in [0, 0.1) is 0 Å². The summed E-state index contributed by atoms with van der Waals surface area (Å²) in [7, 11) is 1.65. The average molecular weight is 327 g/mol. The molecule has 0 saturated carbocycles. The van der Waals surface area contributed by atoms with Gasteiger partial charge in [-0.25, -0.2) is 9.78 Å². The Morgan fingerprint density at radius 1 is 1.45 bits per heavy atom. The van der Waals surface area contributed by atoms with Gasteiger partial charge in [-0.3, -0.25) is 9.69 Å². The number of carbonyl (C=O) groups is 2. The first-order valence-electron chi connectivity index (χ1n) is 7.33. The van der Waals surface area contributed by atoms with Gasteiger partial charge in [0, 0.05) is 12.4 Å². The highest BCUT2D eigenvalue weighted by Crippen LogP contribution is 2.25. The highest BCUT2D eigenvalue weighted by molar-refractivity contribution is 7.14. The molecule has 22 heavy (non-hydrogen) atoms. The quantitative estimate of drug-likeness (QED) is 0.902. The molecule has 1 aromatic heterocycles. The third-order valence-corrected chi connectivity index (χ3v) is 4.01. The minimum Gasteiger partial charge on any atom is -0.444 e. The summed E-state index contributed by atoms with van der Waals surface area (Å²) in [5, 5.41) is 5.05. The van der Waals surface area contributed by atoms with Crippen LogP contribution in [0.5, 0.6) is 0 Å². The van der Waals surface area contributed by atoms with Crippen LogP contribution in [0.4, 0.5) is 9.93 Å². The number of rotatable bonds is 5. The van der Waals surface area contributed by atoms with Crippen molar-refractivity contribution < 1.29 is 14.3 Å². The molecule has 0 bridgehead atoms. The predicted octanol–water partition coefficient (Wildman–Crippen LogP) is 3.14. The largest absolute Gasteiger partial charge is 0.444 e. The van der Waals surface area contributed by atoms with Crippen molar-refractivity contribution in [2.45, 2.75) is 52.6 Å². The molecule has 1 rings (SSSR count). The molecule has 0 spiro atoms. The topological polar surface area (TPSA) is 71.5 Å². The zero-order valence-electron chi connectivity index (χ0n) is 14.1. The van der Waals surface area contributed by atoms with Gasteiger partial charge in [-0.1, -0.05) is 13.8 Å². The third-order valence-electron chi connectivity index (χ3n) is 3.07. The van der Waals surface area contributed by atoms with Crippen LogP contribution in [0.3, 0.4) is 0 Å². The fourth-order valence-electron chi connectivity index (χ4n) is 1.55. The molecule has 1 unspecified atom stereocenters. The second kappa shape index (κ2) is 7.58. The standard InChI is InChI=1S/C15H25N3O3S/c1-7-10(2)11-9-22-13(17-11)18(6)12(19)8-16-14(20)21-15(3,4)5/h9-10H,7-8H2,1-6H3,(H,16,20). The number of nitrogens with zero attached hydrogens (tertiary/aromatic N) is 2. The minimum atomic E-state index is -0.603. The Bertz CT molecular complexity index is 522. The van der Waals surface area contributed by atoms with Crippen LogP contribution in [0.1, 0.15) is 52.7 Å². The maximum atomic E-state index is 12.1. The first-order valence-corrected chi connectivity index (χ1v) is 8.20. The van der Waals surface area contributed by atoms with Gasteiger partial charge in [0.2, 0.25) is 5.91 Å². The first kappa shape index (κ1) is 18.4. The fraction of sp³-hybridized carbons (Fsp3) is 0.667. The number of amides is 2. The predicted molar refractivity (Wildman–Crippen MR) is 88.5 cm³/mol. The molecule has 1 atom stereocenters. The minimum absolute atomic E-state index is 0.121. The van der Waals surface area contributed by atoms with E-state index in [1.165, 1.54) is 16.2 Å². The van der Waals surface area contributed by atoms with Crippen LogP contribution in [0.15, 0.2) is 5.38 Å². The molecule has 2 amide bonds. The number of hydrogen-bond acceptors (Lipinski definition) is 5. The van der Waals surface area contributed by atoms with Gasteiger partial charge < -0.3 is 10.1 Å². The van der Waals surface area contributed by atoms with E-state index in [2.05, 4.69) is 24.1 Å². The van der Waals surface area contributed by atoms with Gasteiger partial charge in [0.15, 0.2) is 5.13 Å². The summed E-state index contributed by atoms with van der Waals surface area (Å²) in [5.41, 5.74) is 0.404. The molecule has 0 aliphatic rings. The van der Waals surface area contributed by atoms with Gasteiger partial charge in [0.05, 0.1) is 5.69 Å². The van der Waals surface area contributed by atoms with E-state index in [1.54, 1.807) is 27.8 Å². The third kappa shape index (κ3) is 5.63. The molecular weight excluding hydrogens is 302 g/mol. The van der Waals surface area contributed by atoms with Crippen LogP contribution in [0.2, 0.25) is 0 Å². The average Bonchev–Trinajstić information content (AvgIpc) is 2.90. The Morgan fingerprint density at radius 2 is 2.09 bits per heavy atom. The second-order valence-corrected chi connectivity index (χ2v) is 7.01.